The van der Waals surface area contributed by atoms with Crippen LogP contribution in [0.2, 0.25) is 0 Å². The number of likely N-dealkylation sites (tertiary alicyclic amines) is 1. The van der Waals surface area contributed by atoms with Crippen LogP contribution in [0.4, 0.5) is 0 Å². The number of piperidine rings is 1. The Morgan fingerprint density at radius 2 is 2.33 bits per heavy atom. The van der Waals surface area contributed by atoms with E-state index in [-0.39, 0.29) is 12.4 Å². The van der Waals surface area contributed by atoms with Crippen LogP contribution in [0.1, 0.15) is 24.1 Å². The van der Waals surface area contributed by atoms with Crippen molar-refractivity contribution in [2.45, 2.75) is 26.3 Å². The van der Waals surface area contributed by atoms with Gasteiger partial charge in [-0.15, -0.1) is 12.4 Å². The summed E-state index contributed by atoms with van der Waals surface area (Å²) in [6.45, 7) is 6.75. The lowest BCUT2D eigenvalue weighted by molar-refractivity contribution is 0.166. The van der Waals surface area contributed by atoms with Crippen LogP contribution in [-0.2, 0) is 6.54 Å². The zero-order valence-electron chi connectivity index (χ0n) is 11.4. The fourth-order valence-electron chi connectivity index (χ4n) is 2.68. The fraction of sp³-hybridized carbons (Fsp3) is 0.643. The van der Waals surface area contributed by atoms with E-state index in [1.807, 2.05) is 19.3 Å². The Bertz CT molecular complexity index is 355. The van der Waals surface area contributed by atoms with Crippen molar-refractivity contribution in [3.05, 3.63) is 29.6 Å². The standard InChI is InChI=1S/C14H23N3.ClH/c1-12-14(6-3-7-16-12)11-17-8-4-5-13(10-17)9-15-2;/h3,6-7,13,15H,4-5,8-11H2,1-2H3;1H. The Labute approximate surface area is 116 Å². The summed E-state index contributed by atoms with van der Waals surface area (Å²) in [6, 6.07) is 4.24. The molecule has 0 spiro atoms. The van der Waals surface area contributed by atoms with E-state index in [4.69, 9.17) is 0 Å². The Kier molecular flexibility index (Phi) is 6.61. The molecule has 0 amide bonds. The average Bonchev–Trinajstić information content (AvgIpc) is 2.33. The molecule has 1 fully saturated rings. The van der Waals surface area contributed by atoms with Crippen LogP contribution in [0.25, 0.3) is 0 Å². The minimum atomic E-state index is 0. The van der Waals surface area contributed by atoms with E-state index in [0.29, 0.717) is 0 Å². The van der Waals surface area contributed by atoms with Gasteiger partial charge in [-0.1, -0.05) is 6.07 Å². The number of hydrogen-bond acceptors (Lipinski definition) is 3. The first-order valence-corrected chi connectivity index (χ1v) is 6.57. The lowest BCUT2D eigenvalue weighted by Crippen LogP contribution is -2.38. The minimum Gasteiger partial charge on any atom is -0.319 e. The first-order chi connectivity index (χ1) is 8.29. The van der Waals surface area contributed by atoms with Crippen molar-refractivity contribution in [3.63, 3.8) is 0 Å². The quantitative estimate of drug-likeness (QED) is 0.909. The molecule has 3 nitrogen and oxygen atoms in total. The monoisotopic (exact) mass is 269 g/mol. The van der Waals surface area contributed by atoms with Gasteiger partial charge in [0, 0.05) is 25.0 Å². The molecule has 1 aliphatic rings. The number of hydrogen-bond donors (Lipinski definition) is 1. The molecule has 1 atom stereocenters. The third kappa shape index (κ3) is 4.23. The Morgan fingerprint density at radius 3 is 3.06 bits per heavy atom. The van der Waals surface area contributed by atoms with E-state index >= 15 is 0 Å². The third-order valence-corrected chi connectivity index (χ3v) is 3.61. The van der Waals surface area contributed by atoms with Crippen LogP contribution in [0.15, 0.2) is 18.3 Å². The van der Waals surface area contributed by atoms with Gasteiger partial charge in [-0.05, 0) is 57.5 Å². The number of halogens is 1. The van der Waals surface area contributed by atoms with E-state index in [1.165, 1.54) is 37.2 Å². The van der Waals surface area contributed by atoms with Crippen LogP contribution < -0.4 is 5.32 Å². The normalized spacial score (nSPS) is 20.4. The summed E-state index contributed by atoms with van der Waals surface area (Å²) in [5, 5.41) is 3.29. The van der Waals surface area contributed by atoms with Crippen LogP contribution in [0.3, 0.4) is 0 Å². The fourth-order valence-corrected chi connectivity index (χ4v) is 2.68. The summed E-state index contributed by atoms with van der Waals surface area (Å²) >= 11 is 0. The van der Waals surface area contributed by atoms with Gasteiger partial charge in [0.1, 0.15) is 0 Å². The van der Waals surface area contributed by atoms with E-state index in [1.54, 1.807) is 0 Å². The molecule has 1 aromatic heterocycles. The maximum absolute atomic E-state index is 4.36. The first-order valence-electron chi connectivity index (χ1n) is 6.57. The average molecular weight is 270 g/mol. The number of aryl methyl sites for hydroxylation is 1. The number of pyridine rings is 1. The summed E-state index contributed by atoms with van der Waals surface area (Å²) in [4.78, 5) is 6.93. The minimum absolute atomic E-state index is 0. The van der Waals surface area contributed by atoms with E-state index < -0.39 is 0 Å². The molecule has 102 valence electrons. The van der Waals surface area contributed by atoms with Crippen LogP contribution >= 0.6 is 12.4 Å². The van der Waals surface area contributed by atoms with E-state index in [2.05, 4.69) is 28.2 Å². The predicted molar refractivity (Wildman–Crippen MR) is 78.1 cm³/mol. The summed E-state index contributed by atoms with van der Waals surface area (Å²) in [5.41, 5.74) is 2.54. The molecule has 0 aromatic carbocycles. The molecule has 4 heteroatoms. The molecular weight excluding hydrogens is 246 g/mol. The zero-order valence-corrected chi connectivity index (χ0v) is 12.2. The number of nitrogens with zero attached hydrogens (tertiary/aromatic N) is 2. The van der Waals surface area contributed by atoms with Gasteiger partial charge in [0.05, 0.1) is 0 Å². The maximum atomic E-state index is 4.36. The molecule has 2 rings (SSSR count). The highest BCUT2D eigenvalue weighted by molar-refractivity contribution is 5.85. The van der Waals surface area contributed by atoms with Crippen LogP contribution in [0.5, 0.6) is 0 Å². The Hall–Kier alpha value is -0.640. The Balaban J connectivity index is 0.00000162. The summed E-state index contributed by atoms with van der Waals surface area (Å²) in [7, 11) is 2.05. The highest BCUT2D eigenvalue weighted by Gasteiger charge is 2.19. The van der Waals surface area contributed by atoms with E-state index in [9.17, 15) is 0 Å². The predicted octanol–water partition coefficient (Wildman–Crippen LogP) is 2.24. The molecule has 18 heavy (non-hydrogen) atoms. The third-order valence-electron chi connectivity index (χ3n) is 3.61. The Morgan fingerprint density at radius 1 is 1.50 bits per heavy atom. The summed E-state index contributed by atoms with van der Waals surface area (Å²) in [5.74, 6) is 0.811. The number of aromatic nitrogens is 1. The zero-order chi connectivity index (χ0) is 12.1. The largest absolute Gasteiger partial charge is 0.319 e. The van der Waals surface area contributed by atoms with Crippen molar-refractivity contribution < 1.29 is 0 Å². The lowest BCUT2D eigenvalue weighted by Gasteiger charge is -2.32. The van der Waals surface area contributed by atoms with Gasteiger partial charge in [0.15, 0.2) is 0 Å². The van der Waals surface area contributed by atoms with Crippen molar-refractivity contribution in [2.24, 2.45) is 5.92 Å². The van der Waals surface area contributed by atoms with Crippen molar-refractivity contribution in [1.29, 1.82) is 0 Å². The van der Waals surface area contributed by atoms with Crippen molar-refractivity contribution in [3.8, 4) is 0 Å². The maximum Gasteiger partial charge on any atom is 0.0417 e. The molecule has 1 aliphatic heterocycles. The second kappa shape index (κ2) is 7.72. The first kappa shape index (κ1) is 15.4. The molecule has 1 unspecified atom stereocenters. The summed E-state index contributed by atoms with van der Waals surface area (Å²) in [6.07, 6.45) is 4.56. The van der Waals surface area contributed by atoms with Crippen LogP contribution in [-0.4, -0.2) is 36.6 Å². The number of nitrogens with one attached hydrogen (secondary N) is 1. The van der Waals surface area contributed by atoms with Gasteiger partial charge in [-0.3, -0.25) is 9.88 Å². The summed E-state index contributed by atoms with van der Waals surface area (Å²) < 4.78 is 0. The van der Waals surface area contributed by atoms with Gasteiger partial charge in [0.2, 0.25) is 0 Å². The van der Waals surface area contributed by atoms with Gasteiger partial charge < -0.3 is 5.32 Å². The topological polar surface area (TPSA) is 28.2 Å². The van der Waals surface area contributed by atoms with E-state index in [0.717, 1.165) is 19.0 Å². The van der Waals surface area contributed by atoms with Gasteiger partial charge >= 0.3 is 0 Å². The molecule has 1 saturated heterocycles. The highest BCUT2D eigenvalue weighted by atomic mass is 35.5. The smallest absolute Gasteiger partial charge is 0.0417 e. The highest BCUT2D eigenvalue weighted by Crippen LogP contribution is 2.18. The molecule has 0 bridgehead atoms. The van der Waals surface area contributed by atoms with Crippen molar-refractivity contribution >= 4 is 12.4 Å². The molecule has 0 saturated carbocycles. The van der Waals surface area contributed by atoms with Gasteiger partial charge in [0.25, 0.3) is 0 Å². The van der Waals surface area contributed by atoms with Crippen LogP contribution in [0, 0.1) is 12.8 Å². The molecular formula is C14H24ClN3. The van der Waals surface area contributed by atoms with Crippen molar-refractivity contribution in [2.75, 3.05) is 26.7 Å². The number of rotatable bonds is 4. The second-order valence-corrected chi connectivity index (χ2v) is 5.05. The van der Waals surface area contributed by atoms with Gasteiger partial charge in [-0.25, -0.2) is 0 Å². The molecule has 0 aliphatic carbocycles. The molecule has 1 N–H and O–H groups in total. The lowest BCUT2D eigenvalue weighted by atomic mass is 9.97. The molecule has 0 radical (unpaired) electrons. The SMILES string of the molecule is CNCC1CCCN(Cc2cccnc2C)C1.Cl. The molecule has 1 aromatic rings. The van der Waals surface area contributed by atoms with Crippen molar-refractivity contribution in [1.82, 2.24) is 15.2 Å². The molecule has 2 heterocycles. The second-order valence-electron chi connectivity index (χ2n) is 5.05. The van der Waals surface area contributed by atoms with Gasteiger partial charge in [-0.2, -0.15) is 0 Å².